The van der Waals surface area contributed by atoms with Crippen molar-refractivity contribution in [2.24, 2.45) is 0 Å². The number of H-pyrrole nitrogens is 1. The molecule has 0 saturated carbocycles. The van der Waals surface area contributed by atoms with Crippen LogP contribution in [0.1, 0.15) is 33.2 Å². The highest BCUT2D eigenvalue weighted by Crippen LogP contribution is 2.24. The van der Waals surface area contributed by atoms with Gasteiger partial charge in [-0.15, -0.1) is 0 Å². The number of hydrogen-bond acceptors (Lipinski definition) is 3. The van der Waals surface area contributed by atoms with Crippen molar-refractivity contribution in [3.8, 4) is 0 Å². The summed E-state index contributed by atoms with van der Waals surface area (Å²) >= 11 is 0. The van der Waals surface area contributed by atoms with Gasteiger partial charge in [0.25, 0.3) is 11.8 Å². The maximum Gasteiger partial charge on any atom is 0.262 e. The Hall–Kier alpha value is -3.02. The monoisotopic (exact) mass is 310 g/mol. The van der Waals surface area contributed by atoms with E-state index in [2.05, 4.69) is 10.3 Å². The molecule has 0 saturated heterocycles. The van der Waals surface area contributed by atoms with E-state index in [1.54, 1.807) is 43.6 Å². The zero-order chi connectivity index (χ0) is 16.4. The molecule has 1 unspecified atom stereocenters. The standard InChI is InChI=1S/C17H15N3O3/c1-11(15(21)19-10-12-5-4-8-18-9-12)20-16(22)13-6-2-3-7-14(13)17(20)23/h2-9,11H,10H2,1H3,(H,19,21)/p+1. The van der Waals surface area contributed by atoms with Gasteiger partial charge in [-0.3, -0.25) is 19.3 Å². The van der Waals surface area contributed by atoms with Crippen LogP contribution in [0.3, 0.4) is 0 Å². The Balaban J connectivity index is 1.71. The van der Waals surface area contributed by atoms with Crippen LogP contribution in [0.2, 0.25) is 0 Å². The molecule has 3 rings (SSSR count). The van der Waals surface area contributed by atoms with Gasteiger partial charge in [0.2, 0.25) is 5.91 Å². The van der Waals surface area contributed by atoms with Crippen LogP contribution in [-0.2, 0) is 11.3 Å². The minimum Gasteiger partial charge on any atom is -0.350 e. The molecule has 1 aliphatic rings. The second-order valence-corrected chi connectivity index (χ2v) is 5.33. The van der Waals surface area contributed by atoms with Crippen molar-refractivity contribution in [3.05, 3.63) is 65.5 Å². The van der Waals surface area contributed by atoms with Gasteiger partial charge in [-0.2, -0.15) is 0 Å². The van der Waals surface area contributed by atoms with Crippen molar-refractivity contribution in [1.82, 2.24) is 10.2 Å². The third-order valence-electron chi connectivity index (χ3n) is 3.83. The van der Waals surface area contributed by atoms with Gasteiger partial charge in [0, 0.05) is 18.2 Å². The quantitative estimate of drug-likeness (QED) is 0.848. The molecule has 1 aliphatic heterocycles. The Bertz CT molecular complexity index is 739. The number of nitrogens with zero attached hydrogens (tertiary/aromatic N) is 1. The average molecular weight is 310 g/mol. The molecule has 2 N–H and O–H groups in total. The van der Waals surface area contributed by atoms with Crippen molar-refractivity contribution in [2.45, 2.75) is 19.5 Å². The summed E-state index contributed by atoms with van der Waals surface area (Å²) in [5.74, 6) is -1.23. The SMILES string of the molecule is CC(C(=O)NCc1ccc[nH+]c1)N1C(=O)c2ccccc2C1=O. The van der Waals surface area contributed by atoms with E-state index in [1.165, 1.54) is 0 Å². The molecule has 1 aromatic heterocycles. The van der Waals surface area contributed by atoms with Crippen LogP contribution in [0.4, 0.5) is 0 Å². The molecular formula is C17H16N3O3+. The third kappa shape index (κ3) is 2.70. The van der Waals surface area contributed by atoms with Crippen LogP contribution in [0.15, 0.2) is 48.8 Å². The maximum atomic E-state index is 12.3. The molecule has 6 heteroatoms. The minimum atomic E-state index is -0.866. The van der Waals surface area contributed by atoms with E-state index in [9.17, 15) is 14.4 Å². The number of nitrogens with one attached hydrogen (secondary N) is 2. The van der Waals surface area contributed by atoms with Crippen molar-refractivity contribution >= 4 is 17.7 Å². The first-order chi connectivity index (χ1) is 11.1. The van der Waals surface area contributed by atoms with Crippen molar-refractivity contribution < 1.29 is 19.4 Å². The highest BCUT2D eigenvalue weighted by molar-refractivity contribution is 6.22. The fourth-order valence-corrected chi connectivity index (χ4v) is 2.55. The van der Waals surface area contributed by atoms with Crippen molar-refractivity contribution in [1.29, 1.82) is 0 Å². The molecule has 2 heterocycles. The number of carbonyl (C=O) groups excluding carboxylic acids is 3. The highest BCUT2D eigenvalue weighted by Gasteiger charge is 2.40. The summed E-state index contributed by atoms with van der Waals surface area (Å²) in [5, 5.41) is 2.74. The van der Waals surface area contributed by atoms with Crippen LogP contribution >= 0.6 is 0 Å². The van der Waals surface area contributed by atoms with Gasteiger partial charge in [-0.25, -0.2) is 4.98 Å². The molecule has 0 fully saturated rings. The lowest BCUT2D eigenvalue weighted by Crippen LogP contribution is -2.47. The van der Waals surface area contributed by atoms with E-state index in [0.717, 1.165) is 10.5 Å². The van der Waals surface area contributed by atoms with E-state index in [0.29, 0.717) is 17.7 Å². The molecule has 1 atom stereocenters. The lowest BCUT2D eigenvalue weighted by atomic mass is 10.1. The number of aromatic amines is 1. The van der Waals surface area contributed by atoms with Gasteiger partial charge in [-0.1, -0.05) is 12.1 Å². The van der Waals surface area contributed by atoms with Gasteiger partial charge in [0.15, 0.2) is 12.4 Å². The second kappa shape index (κ2) is 6.00. The van der Waals surface area contributed by atoms with E-state index in [-0.39, 0.29) is 5.91 Å². The first kappa shape index (κ1) is 14.9. The van der Waals surface area contributed by atoms with Gasteiger partial charge >= 0.3 is 0 Å². The maximum absolute atomic E-state index is 12.3. The molecule has 1 aromatic carbocycles. The first-order valence-electron chi connectivity index (χ1n) is 7.29. The van der Waals surface area contributed by atoms with E-state index in [1.807, 2.05) is 12.1 Å². The Kier molecular flexibility index (Phi) is 3.89. The largest absolute Gasteiger partial charge is 0.350 e. The summed E-state index contributed by atoms with van der Waals surface area (Å²) in [6.45, 7) is 1.87. The third-order valence-corrected chi connectivity index (χ3v) is 3.83. The number of carbonyl (C=O) groups is 3. The fourth-order valence-electron chi connectivity index (χ4n) is 2.55. The Morgan fingerprint density at radius 1 is 1.13 bits per heavy atom. The van der Waals surface area contributed by atoms with Crippen LogP contribution in [0.25, 0.3) is 0 Å². The van der Waals surface area contributed by atoms with Crippen LogP contribution in [0, 0.1) is 0 Å². The van der Waals surface area contributed by atoms with Gasteiger partial charge in [0.1, 0.15) is 6.04 Å². The number of pyridine rings is 1. The van der Waals surface area contributed by atoms with E-state index < -0.39 is 17.9 Å². The molecule has 0 aliphatic carbocycles. The summed E-state index contributed by atoms with van der Waals surface area (Å²) < 4.78 is 0. The molecule has 3 amide bonds. The minimum absolute atomic E-state index is 0.323. The Morgan fingerprint density at radius 3 is 2.35 bits per heavy atom. The van der Waals surface area contributed by atoms with Gasteiger partial charge in [0.05, 0.1) is 11.1 Å². The second-order valence-electron chi connectivity index (χ2n) is 5.33. The van der Waals surface area contributed by atoms with Crippen LogP contribution in [0.5, 0.6) is 0 Å². The molecule has 23 heavy (non-hydrogen) atoms. The van der Waals surface area contributed by atoms with Crippen molar-refractivity contribution in [3.63, 3.8) is 0 Å². The molecule has 116 valence electrons. The topological polar surface area (TPSA) is 80.6 Å². The number of amides is 3. The van der Waals surface area contributed by atoms with Crippen LogP contribution in [-0.4, -0.2) is 28.7 Å². The summed E-state index contributed by atoms with van der Waals surface area (Å²) in [7, 11) is 0. The number of benzene rings is 1. The predicted octanol–water partition coefficient (Wildman–Crippen LogP) is 0.802. The summed E-state index contributed by atoms with van der Waals surface area (Å²) in [5.41, 5.74) is 1.58. The van der Waals surface area contributed by atoms with E-state index in [4.69, 9.17) is 0 Å². The smallest absolute Gasteiger partial charge is 0.262 e. The van der Waals surface area contributed by atoms with E-state index >= 15 is 0 Å². The van der Waals surface area contributed by atoms with Gasteiger partial charge in [-0.05, 0) is 25.1 Å². The molecule has 0 spiro atoms. The number of imide groups is 1. The zero-order valence-electron chi connectivity index (χ0n) is 12.6. The molecule has 0 radical (unpaired) electrons. The van der Waals surface area contributed by atoms with Crippen LogP contribution < -0.4 is 10.3 Å². The average Bonchev–Trinajstić information content (AvgIpc) is 2.84. The molecule has 0 bridgehead atoms. The lowest BCUT2D eigenvalue weighted by molar-refractivity contribution is -0.378. The number of hydrogen-bond donors (Lipinski definition) is 1. The predicted molar refractivity (Wildman–Crippen MR) is 81.2 cm³/mol. The fraction of sp³-hybridized carbons (Fsp3) is 0.176. The zero-order valence-corrected chi connectivity index (χ0v) is 12.6. The highest BCUT2D eigenvalue weighted by atomic mass is 16.2. The molecule has 6 nitrogen and oxygen atoms in total. The summed E-state index contributed by atoms with van der Waals surface area (Å²) in [4.78, 5) is 40.9. The molecule has 2 aromatic rings. The van der Waals surface area contributed by atoms with Crippen molar-refractivity contribution in [2.75, 3.05) is 0 Å². The first-order valence-corrected chi connectivity index (χ1v) is 7.29. The Labute approximate surface area is 133 Å². The Morgan fingerprint density at radius 2 is 1.78 bits per heavy atom. The number of fused-ring (bicyclic) bond motifs is 1. The number of rotatable bonds is 4. The summed E-state index contributed by atoms with van der Waals surface area (Å²) in [6.07, 6.45) is 3.54. The molecular weight excluding hydrogens is 294 g/mol. The lowest BCUT2D eigenvalue weighted by Gasteiger charge is -2.21. The normalized spacial score (nSPS) is 14.6. The van der Waals surface area contributed by atoms with Gasteiger partial charge < -0.3 is 5.32 Å². The number of aromatic nitrogens is 1. The summed E-state index contributed by atoms with van der Waals surface area (Å²) in [6, 6.07) is 9.42.